The van der Waals surface area contributed by atoms with E-state index in [9.17, 15) is 4.79 Å². The van der Waals surface area contributed by atoms with Gasteiger partial charge in [0.25, 0.3) is 0 Å². The second kappa shape index (κ2) is 5.44. The van der Waals surface area contributed by atoms with Crippen molar-refractivity contribution in [2.24, 2.45) is 7.05 Å². The van der Waals surface area contributed by atoms with Gasteiger partial charge in [-0.1, -0.05) is 49.4 Å². The lowest BCUT2D eigenvalue weighted by atomic mass is 9.83. The van der Waals surface area contributed by atoms with Gasteiger partial charge in [-0.3, -0.25) is 4.79 Å². The highest BCUT2D eigenvalue weighted by atomic mass is 16.1. The van der Waals surface area contributed by atoms with Crippen LogP contribution in [0.25, 0.3) is 11.0 Å². The lowest BCUT2D eigenvalue weighted by Crippen LogP contribution is -2.23. The molecule has 0 spiro atoms. The third-order valence-corrected chi connectivity index (χ3v) is 4.85. The van der Waals surface area contributed by atoms with Gasteiger partial charge in [0, 0.05) is 19.4 Å². The summed E-state index contributed by atoms with van der Waals surface area (Å²) in [5, 5.41) is 11.3. The zero-order valence-electron chi connectivity index (χ0n) is 14.1. The molecule has 5 nitrogen and oxygen atoms in total. The Bertz CT molecular complexity index is 924. The van der Waals surface area contributed by atoms with Crippen LogP contribution in [0.3, 0.4) is 0 Å². The summed E-state index contributed by atoms with van der Waals surface area (Å²) in [4.78, 5) is 12.3. The van der Waals surface area contributed by atoms with Crippen molar-refractivity contribution < 1.29 is 4.79 Å². The Labute approximate surface area is 140 Å². The maximum atomic E-state index is 12.3. The number of rotatable bonds is 2. The Hall–Kier alpha value is -2.69. The van der Waals surface area contributed by atoms with Crippen LogP contribution in [-0.2, 0) is 11.8 Å². The number of fused-ring (bicyclic) bond motifs is 3. The summed E-state index contributed by atoms with van der Waals surface area (Å²) < 4.78 is 1.73. The van der Waals surface area contributed by atoms with Gasteiger partial charge in [0.1, 0.15) is 5.52 Å². The predicted molar refractivity (Wildman–Crippen MR) is 94.1 cm³/mol. The molecule has 5 heteroatoms. The summed E-state index contributed by atoms with van der Waals surface area (Å²) in [5.41, 5.74) is 6.06. The molecule has 1 aliphatic heterocycles. The van der Waals surface area contributed by atoms with Crippen molar-refractivity contribution in [2.45, 2.75) is 32.1 Å². The first-order valence-corrected chi connectivity index (χ1v) is 8.26. The molecule has 1 aromatic heterocycles. The van der Waals surface area contributed by atoms with Gasteiger partial charge < -0.3 is 5.32 Å². The monoisotopic (exact) mass is 320 g/mol. The Kier molecular flexibility index (Phi) is 3.37. The van der Waals surface area contributed by atoms with E-state index in [1.807, 2.05) is 13.1 Å². The van der Waals surface area contributed by atoms with Crippen molar-refractivity contribution in [3.05, 3.63) is 53.1 Å². The van der Waals surface area contributed by atoms with Crippen LogP contribution in [0.2, 0.25) is 0 Å². The number of anilines is 1. The molecule has 1 unspecified atom stereocenters. The molecule has 0 bridgehead atoms. The third kappa shape index (κ3) is 2.28. The molecule has 2 aromatic carbocycles. The number of hydrogen-bond donors (Lipinski definition) is 1. The van der Waals surface area contributed by atoms with Crippen LogP contribution in [0.15, 0.2) is 36.4 Å². The number of carbonyl (C=O) groups is 1. The summed E-state index contributed by atoms with van der Waals surface area (Å²) in [6, 6.07) is 12.7. The van der Waals surface area contributed by atoms with E-state index in [0.29, 0.717) is 12.3 Å². The third-order valence-electron chi connectivity index (χ3n) is 4.85. The number of benzene rings is 2. The number of nitrogens with one attached hydrogen (secondary N) is 1. The molecule has 0 aliphatic carbocycles. The van der Waals surface area contributed by atoms with Crippen molar-refractivity contribution >= 4 is 22.6 Å². The van der Waals surface area contributed by atoms with Gasteiger partial charge in [-0.25, -0.2) is 4.68 Å². The van der Waals surface area contributed by atoms with Crippen LogP contribution in [-0.4, -0.2) is 20.9 Å². The summed E-state index contributed by atoms with van der Waals surface area (Å²) >= 11 is 0. The van der Waals surface area contributed by atoms with E-state index >= 15 is 0 Å². The number of aryl methyl sites for hydroxylation is 1. The second-order valence-corrected chi connectivity index (χ2v) is 6.74. The van der Waals surface area contributed by atoms with E-state index in [4.69, 9.17) is 0 Å². The standard InChI is InChI=1S/C19H20N4O/c1-11(2)12-4-6-13(7-5-12)15-10-17(24)20-18-14(15)8-9-16-19(18)21-22-23(16)3/h4-9,11,15H,10H2,1-3H3,(H,20,24). The van der Waals surface area contributed by atoms with E-state index < -0.39 is 0 Å². The Balaban J connectivity index is 1.84. The van der Waals surface area contributed by atoms with Crippen molar-refractivity contribution in [2.75, 3.05) is 5.32 Å². The SMILES string of the molecule is CC(C)c1ccc(C2CC(=O)Nc3c2ccc2c3nnn2C)cc1. The smallest absolute Gasteiger partial charge is 0.225 e. The summed E-state index contributed by atoms with van der Waals surface area (Å²) in [5.74, 6) is 0.583. The molecule has 3 aromatic rings. The largest absolute Gasteiger partial charge is 0.324 e. The molecular formula is C19H20N4O. The van der Waals surface area contributed by atoms with Crippen LogP contribution >= 0.6 is 0 Å². The molecule has 2 heterocycles. The van der Waals surface area contributed by atoms with E-state index in [1.54, 1.807) is 4.68 Å². The minimum Gasteiger partial charge on any atom is -0.324 e. The van der Waals surface area contributed by atoms with Gasteiger partial charge in [0.2, 0.25) is 5.91 Å². The van der Waals surface area contributed by atoms with Crippen LogP contribution < -0.4 is 5.32 Å². The number of carbonyl (C=O) groups excluding carboxylic acids is 1. The highest BCUT2D eigenvalue weighted by Gasteiger charge is 2.29. The van der Waals surface area contributed by atoms with E-state index in [-0.39, 0.29) is 11.8 Å². The van der Waals surface area contributed by atoms with Crippen molar-refractivity contribution in [3.8, 4) is 0 Å². The lowest BCUT2D eigenvalue weighted by molar-refractivity contribution is -0.116. The Morgan fingerprint density at radius 2 is 1.92 bits per heavy atom. The highest BCUT2D eigenvalue weighted by Crippen LogP contribution is 2.40. The number of hydrogen-bond acceptors (Lipinski definition) is 3. The van der Waals surface area contributed by atoms with Crippen molar-refractivity contribution in [3.63, 3.8) is 0 Å². The van der Waals surface area contributed by atoms with Gasteiger partial charge >= 0.3 is 0 Å². The number of aromatic nitrogens is 3. The number of nitrogens with zero attached hydrogens (tertiary/aromatic N) is 3. The van der Waals surface area contributed by atoms with E-state index in [2.05, 4.69) is 59.8 Å². The van der Waals surface area contributed by atoms with Gasteiger partial charge in [-0.05, 0) is 28.7 Å². The Morgan fingerprint density at radius 3 is 2.62 bits per heavy atom. The molecule has 1 aliphatic rings. The maximum absolute atomic E-state index is 12.3. The zero-order chi connectivity index (χ0) is 16.8. The van der Waals surface area contributed by atoms with Crippen LogP contribution in [0.1, 0.15) is 48.8 Å². The van der Waals surface area contributed by atoms with E-state index in [1.165, 1.54) is 11.1 Å². The molecule has 0 fully saturated rings. The zero-order valence-corrected chi connectivity index (χ0v) is 14.1. The second-order valence-electron chi connectivity index (χ2n) is 6.74. The molecular weight excluding hydrogens is 300 g/mol. The Morgan fingerprint density at radius 1 is 1.17 bits per heavy atom. The number of amides is 1. The van der Waals surface area contributed by atoms with Gasteiger partial charge in [-0.2, -0.15) is 0 Å². The fourth-order valence-corrected chi connectivity index (χ4v) is 3.44. The van der Waals surface area contributed by atoms with Crippen molar-refractivity contribution in [1.29, 1.82) is 0 Å². The molecule has 122 valence electrons. The molecule has 1 atom stereocenters. The lowest BCUT2D eigenvalue weighted by Gasteiger charge is -2.26. The quantitative estimate of drug-likeness (QED) is 0.785. The first kappa shape index (κ1) is 14.9. The molecule has 4 rings (SSSR count). The first-order chi connectivity index (χ1) is 11.5. The average Bonchev–Trinajstić information content (AvgIpc) is 2.96. The summed E-state index contributed by atoms with van der Waals surface area (Å²) in [6.07, 6.45) is 0.458. The van der Waals surface area contributed by atoms with Gasteiger partial charge in [0.15, 0.2) is 0 Å². The topological polar surface area (TPSA) is 59.8 Å². The fourth-order valence-electron chi connectivity index (χ4n) is 3.44. The average molecular weight is 320 g/mol. The fraction of sp³-hybridized carbons (Fsp3) is 0.316. The summed E-state index contributed by atoms with van der Waals surface area (Å²) in [7, 11) is 1.86. The summed E-state index contributed by atoms with van der Waals surface area (Å²) in [6.45, 7) is 4.37. The predicted octanol–water partition coefficient (Wildman–Crippen LogP) is 3.57. The molecule has 0 radical (unpaired) electrons. The normalized spacial score (nSPS) is 17.2. The van der Waals surface area contributed by atoms with E-state index in [0.717, 1.165) is 22.3 Å². The molecule has 1 N–H and O–H groups in total. The maximum Gasteiger partial charge on any atom is 0.225 e. The molecule has 0 saturated heterocycles. The van der Waals surface area contributed by atoms with Crippen molar-refractivity contribution in [1.82, 2.24) is 15.0 Å². The minimum atomic E-state index is 0.0265. The van der Waals surface area contributed by atoms with Crippen LogP contribution in [0.5, 0.6) is 0 Å². The highest BCUT2D eigenvalue weighted by molar-refractivity contribution is 6.03. The molecule has 24 heavy (non-hydrogen) atoms. The van der Waals surface area contributed by atoms with Crippen LogP contribution in [0.4, 0.5) is 5.69 Å². The van der Waals surface area contributed by atoms with Gasteiger partial charge in [0.05, 0.1) is 11.2 Å². The van der Waals surface area contributed by atoms with Gasteiger partial charge in [-0.15, -0.1) is 5.10 Å². The first-order valence-electron chi connectivity index (χ1n) is 8.26. The molecule has 0 saturated carbocycles. The molecule has 1 amide bonds. The van der Waals surface area contributed by atoms with Crippen LogP contribution in [0, 0.1) is 0 Å². The minimum absolute atomic E-state index is 0.0265.